The zero-order valence-electron chi connectivity index (χ0n) is 9.65. The largest absolute Gasteiger partial charge is 0.309 e. The summed E-state index contributed by atoms with van der Waals surface area (Å²) in [5.41, 5.74) is 0.360. The summed E-state index contributed by atoms with van der Waals surface area (Å²) in [5.74, 6) is 1.13. The molecule has 1 aromatic carbocycles. The molecule has 1 aromatic rings. The van der Waals surface area contributed by atoms with Crippen molar-refractivity contribution in [2.75, 3.05) is 23.1 Å². The minimum Gasteiger partial charge on any atom is -0.309 e. The molecular formula is C12H15FN2OS. The first-order valence-corrected chi connectivity index (χ1v) is 6.76. The zero-order valence-corrected chi connectivity index (χ0v) is 10.5. The normalized spacial score (nSPS) is 19.3. The van der Waals surface area contributed by atoms with E-state index < -0.39 is 0 Å². The molecule has 1 atom stereocenters. The zero-order chi connectivity index (χ0) is 12.3. The van der Waals surface area contributed by atoms with Gasteiger partial charge in [-0.2, -0.15) is 0 Å². The third-order valence-electron chi connectivity index (χ3n) is 2.74. The lowest BCUT2D eigenvalue weighted by atomic mass is 10.2. The van der Waals surface area contributed by atoms with Gasteiger partial charge in [-0.25, -0.2) is 4.39 Å². The highest BCUT2D eigenvalue weighted by Crippen LogP contribution is 2.21. The summed E-state index contributed by atoms with van der Waals surface area (Å²) in [5, 5.41) is 3.11. The molecule has 5 heteroatoms. The number of nitrogens with zero attached hydrogens (tertiary/aromatic N) is 1. The van der Waals surface area contributed by atoms with Gasteiger partial charge in [-0.3, -0.25) is 10.1 Å². The van der Waals surface area contributed by atoms with Crippen LogP contribution in [0.3, 0.4) is 0 Å². The summed E-state index contributed by atoms with van der Waals surface area (Å²) in [6.45, 7) is 2.33. The first-order chi connectivity index (χ1) is 8.24. The Hall–Kier alpha value is -1.07. The van der Waals surface area contributed by atoms with Crippen LogP contribution in [0.25, 0.3) is 0 Å². The van der Waals surface area contributed by atoms with Gasteiger partial charge in [0.1, 0.15) is 5.82 Å². The van der Waals surface area contributed by atoms with Crippen LogP contribution >= 0.6 is 11.8 Å². The van der Waals surface area contributed by atoms with Gasteiger partial charge in [0, 0.05) is 18.2 Å². The molecule has 1 heterocycles. The van der Waals surface area contributed by atoms with Crippen LogP contribution in [-0.2, 0) is 4.79 Å². The lowest BCUT2D eigenvalue weighted by Crippen LogP contribution is -2.45. The number of hydrogen-bond acceptors (Lipinski definition) is 3. The summed E-state index contributed by atoms with van der Waals surface area (Å²) >= 11 is 1.69. The van der Waals surface area contributed by atoms with Crippen molar-refractivity contribution in [1.29, 1.82) is 0 Å². The lowest BCUT2D eigenvalue weighted by molar-refractivity contribution is -0.119. The number of benzene rings is 1. The van der Waals surface area contributed by atoms with E-state index >= 15 is 0 Å². The smallest absolute Gasteiger partial charge is 0.245 e. The topological polar surface area (TPSA) is 32.3 Å². The molecule has 1 aliphatic rings. The maximum absolute atomic E-state index is 13.7. The Morgan fingerprint density at radius 3 is 2.94 bits per heavy atom. The van der Waals surface area contributed by atoms with Crippen LogP contribution in [0.4, 0.5) is 10.1 Å². The van der Waals surface area contributed by atoms with E-state index in [-0.39, 0.29) is 17.8 Å². The monoisotopic (exact) mass is 254 g/mol. The molecule has 17 heavy (non-hydrogen) atoms. The van der Waals surface area contributed by atoms with Crippen molar-refractivity contribution < 1.29 is 9.18 Å². The molecule has 0 saturated carbocycles. The number of carbonyl (C=O) groups is 1. The SMILES string of the molecule is CCN(C(=O)C1CSCN1)c1ccccc1F. The Kier molecular flexibility index (Phi) is 4.02. The van der Waals surface area contributed by atoms with Gasteiger partial charge in [0.05, 0.1) is 11.7 Å². The number of anilines is 1. The third-order valence-corrected chi connectivity index (χ3v) is 3.68. The molecule has 0 aromatic heterocycles. The average Bonchev–Trinajstić information content (AvgIpc) is 2.86. The number of halogens is 1. The maximum atomic E-state index is 13.7. The molecule has 2 rings (SSSR count). The summed E-state index contributed by atoms with van der Waals surface area (Å²) in [6.07, 6.45) is 0. The molecule has 0 radical (unpaired) electrons. The number of carbonyl (C=O) groups excluding carboxylic acids is 1. The molecule has 1 amide bonds. The summed E-state index contributed by atoms with van der Waals surface area (Å²) in [7, 11) is 0. The first-order valence-electron chi connectivity index (χ1n) is 5.61. The predicted octanol–water partition coefficient (Wildman–Crippen LogP) is 1.84. The summed E-state index contributed by atoms with van der Waals surface area (Å²) in [6, 6.07) is 6.19. The van der Waals surface area contributed by atoms with Crippen LogP contribution in [0.2, 0.25) is 0 Å². The van der Waals surface area contributed by atoms with Crippen LogP contribution in [0.15, 0.2) is 24.3 Å². The number of nitrogens with one attached hydrogen (secondary N) is 1. The third kappa shape index (κ3) is 2.61. The highest BCUT2D eigenvalue weighted by atomic mass is 32.2. The number of amides is 1. The quantitative estimate of drug-likeness (QED) is 0.893. The number of thioether (sulfide) groups is 1. The van der Waals surface area contributed by atoms with Gasteiger partial charge in [-0.1, -0.05) is 12.1 Å². The number of rotatable bonds is 3. The van der Waals surface area contributed by atoms with E-state index in [1.54, 1.807) is 30.0 Å². The second kappa shape index (κ2) is 5.51. The molecule has 1 unspecified atom stereocenters. The van der Waals surface area contributed by atoms with E-state index in [4.69, 9.17) is 0 Å². The van der Waals surface area contributed by atoms with Crippen LogP contribution < -0.4 is 10.2 Å². The van der Waals surface area contributed by atoms with E-state index in [9.17, 15) is 9.18 Å². The molecule has 1 aliphatic heterocycles. The Labute approximate surface area is 104 Å². The molecule has 1 saturated heterocycles. The van der Waals surface area contributed by atoms with Crippen LogP contribution in [0, 0.1) is 5.82 Å². The number of para-hydroxylation sites is 1. The highest BCUT2D eigenvalue weighted by molar-refractivity contribution is 7.99. The van der Waals surface area contributed by atoms with Gasteiger partial charge < -0.3 is 4.90 Å². The number of likely N-dealkylation sites (N-methyl/N-ethyl adjacent to an activating group) is 1. The molecule has 1 N–H and O–H groups in total. The van der Waals surface area contributed by atoms with Crippen molar-refractivity contribution in [3.8, 4) is 0 Å². The second-order valence-electron chi connectivity index (χ2n) is 3.81. The molecule has 3 nitrogen and oxygen atoms in total. The fourth-order valence-electron chi connectivity index (χ4n) is 1.86. The first kappa shape index (κ1) is 12.4. The number of hydrogen-bond donors (Lipinski definition) is 1. The Morgan fingerprint density at radius 1 is 1.59 bits per heavy atom. The van der Waals surface area contributed by atoms with E-state index in [1.165, 1.54) is 11.0 Å². The summed E-state index contributed by atoms with van der Waals surface area (Å²) < 4.78 is 13.7. The fraction of sp³-hybridized carbons (Fsp3) is 0.417. The van der Waals surface area contributed by atoms with Gasteiger partial charge in [0.25, 0.3) is 0 Å². The van der Waals surface area contributed by atoms with Crippen molar-refractivity contribution in [2.45, 2.75) is 13.0 Å². The van der Waals surface area contributed by atoms with E-state index in [0.717, 1.165) is 11.6 Å². The second-order valence-corrected chi connectivity index (χ2v) is 4.84. The molecule has 92 valence electrons. The molecule has 0 aliphatic carbocycles. The van der Waals surface area contributed by atoms with Gasteiger partial charge in [0.2, 0.25) is 5.91 Å². The average molecular weight is 254 g/mol. The molecule has 1 fully saturated rings. The maximum Gasteiger partial charge on any atom is 0.245 e. The molecular weight excluding hydrogens is 239 g/mol. The Morgan fingerprint density at radius 2 is 2.35 bits per heavy atom. The van der Waals surface area contributed by atoms with E-state index in [1.807, 2.05) is 6.92 Å². The fourth-order valence-corrected chi connectivity index (χ4v) is 2.79. The van der Waals surface area contributed by atoms with Gasteiger partial charge >= 0.3 is 0 Å². The molecule has 0 bridgehead atoms. The van der Waals surface area contributed by atoms with Crippen molar-refractivity contribution >= 4 is 23.4 Å². The van der Waals surface area contributed by atoms with Gasteiger partial charge in [-0.05, 0) is 19.1 Å². The molecule has 0 spiro atoms. The standard InChI is InChI=1S/C12H15FN2OS/c1-2-15(11-6-4-3-5-9(11)13)12(16)10-7-17-8-14-10/h3-6,10,14H,2,7-8H2,1H3. The van der Waals surface area contributed by atoms with Crippen LogP contribution in [0.1, 0.15) is 6.92 Å². The minimum absolute atomic E-state index is 0.0531. The van der Waals surface area contributed by atoms with Crippen molar-refractivity contribution in [1.82, 2.24) is 5.32 Å². The van der Waals surface area contributed by atoms with Crippen molar-refractivity contribution in [3.05, 3.63) is 30.1 Å². The van der Waals surface area contributed by atoms with Crippen LogP contribution in [0.5, 0.6) is 0 Å². The predicted molar refractivity (Wildman–Crippen MR) is 68.7 cm³/mol. The highest BCUT2D eigenvalue weighted by Gasteiger charge is 2.28. The van der Waals surface area contributed by atoms with Crippen molar-refractivity contribution in [2.24, 2.45) is 0 Å². The van der Waals surface area contributed by atoms with E-state index in [2.05, 4.69) is 5.32 Å². The Balaban J connectivity index is 2.21. The van der Waals surface area contributed by atoms with Crippen molar-refractivity contribution in [3.63, 3.8) is 0 Å². The van der Waals surface area contributed by atoms with Gasteiger partial charge in [0.15, 0.2) is 0 Å². The van der Waals surface area contributed by atoms with E-state index in [0.29, 0.717) is 12.2 Å². The van der Waals surface area contributed by atoms with Crippen LogP contribution in [-0.4, -0.2) is 30.1 Å². The van der Waals surface area contributed by atoms with Gasteiger partial charge in [-0.15, -0.1) is 11.8 Å². The minimum atomic E-state index is -0.353. The lowest BCUT2D eigenvalue weighted by Gasteiger charge is -2.24. The summed E-state index contributed by atoms with van der Waals surface area (Å²) in [4.78, 5) is 13.7. The Bertz CT molecular complexity index is 407.